The SMILES string of the molecule is c1ccc(-c2ccc(-c3nc(-c4ccccc4)nc(-c4ccc(N5c6cc7ccccc7cc6C6(c7cc8ccccc8cc75)c5ccsc5-c5sccc56)cc4)n3)cc2)cc1.c1ccc(-c2nc(-c3ccccc3)nc(-c3cccc(N4c5cc6ccccc6cc5C5(c6cc7ccccc7cc64)c4ccsc4-c4sccc45)c3)n2)cc1. The monoisotopic (exact) mass is 1580 g/mol. The Morgan fingerprint density at radius 3 is 0.737 bits per heavy atom. The standard InChI is InChI=1S/C56H34N4S2.C50H30N4S2/c1-3-11-35(12-4-1)36-19-21-38(22-20-36)54-57-53(37-13-5-2-6-14-37)58-55(59-54)39-23-25-44(26-24-39)60-49-33-42-17-9-7-15-40(42)31-47(49)56(45-27-29-61-51(45)52-46(56)28-30-62-52)48-32-41-16-8-10-18-43(41)34-50(48)60;1-3-12-31(13-4-1)47-51-48(32-14-5-2-6-15-32)53-49(52-47)37-20-11-21-38(26-37)54-43-29-35-18-9-7-16-33(35)27-41(43)50(39-22-24-55-45(39)46-40(50)23-25-56-46)42-28-34-17-8-10-19-36(34)30-44(42)54/h1-34H;1-30H. The van der Waals surface area contributed by atoms with E-state index in [1.807, 2.05) is 106 Å². The first-order valence-corrected chi connectivity index (χ1v) is 43.1. The Hall–Kier alpha value is -14.2. The molecule has 0 fully saturated rings. The lowest BCUT2D eigenvalue weighted by molar-refractivity contribution is 0.759. The molecular weight excluding hydrogens is 1510 g/mol. The summed E-state index contributed by atoms with van der Waals surface area (Å²) in [5, 5.41) is 18.9. The van der Waals surface area contributed by atoms with Crippen LogP contribution in [0.4, 0.5) is 34.1 Å². The maximum Gasteiger partial charge on any atom is 0.164 e. The molecule has 15 aromatic carbocycles. The van der Waals surface area contributed by atoms with Crippen LogP contribution >= 0.6 is 45.3 Å². The summed E-state index contributed by atoms with van der Waals surface area (Å²) in [5.41, 5.74) is 24.5. The Morgan fingerprint density at radius 2 is 0.415 bits per heavy atom. The number of hydrogen-bond acceptors (Lipinski definition) is 12. The second-order valence-electron chi connectivity index (χ2n) is 30.4. The molecule has 118 heavy (non-hydrogen) atoms. The number of hydrogen-bond donors (Lipinski definition) is 0. The van der Waals surface area contributed by atoms with Gasteiger partial charge in [0.25, 0.3) is 0 Å². The predicted molar refractivity (Wildman–Crippen MR) is 490 cm³/mol. The van der Waals surface area contributed by atoms with Crippen LogP contribution in [-0.4, -0.2) is 29.9 Å². The van der Waals surface area contributed by atoms with Crippen molar-refractivity contribution >= 4 is 123 Å². The number of anilines is 6. The smallest absolute Gasteiger partial charge is 0.164 e. The molecule has 8 nitrogen and oxygen atoms in total. The van der Waals surface area contributed by atoms with Crippen LogP contribution in [0.2, 0.25) is 0 Å². The van der Waals surface area contributed by atoms with E-state index in [-0.39, 0.29) is 0 Å². The Morgan fingerprint density at radius 1 is 0.178 bits per heavy atom. The Labute approximate surface area is 696 Å². The maximum atomic E-state index is 5.13. The molecule has 0 bridgehead atoms. The molecule has 4 aliphatic rings. The van der Waals surface area contributed by atoms with Gasteiger partial charge in [-0.1, -0.05) is 255 Å². The van der Waals surface area contributed by atoms with Gasteiger partial charge in [-0.25, -0.2) is 29.9 Å². The molecule has 2 aliphatic heterocycles. The molecule has 25 rings (SSSR count). The van der Waals surface area contributed by atoms with Gasteiger partial charge in [0, 0.05) is 64.3 Å². The summed E-state index contributed by atoms with van der Waals surface area (Å²) in [6.45, 7) is 0. The Bertz CT molecular complexity index is 7270. The zero-order chi connectivity index (χ0) is 77.6. The van der Waals surface area contributed by atoms with Gasteiger partial charge in [-0.15, -0.1) is 45.3 Å². The average Bonchev–Trinajstić information content (AvgIpc) is 1.48. The van der Waals surface area contributed by atoms with E-state index < -0.39 is 10.8 Å². The van der Waals surface area contributed by atoms with Crippen molar-refractivity contribution < 1.29 is 0 Å². The van der Waals surface area contributed by atoms with E-state index in [1.54, 1.807) is 0 Å². The average molecular weight is 1580 g/mol. The van der Waals surface area contributed by atoms with Crippen molar-refractivity contribution in [2.24, 2.45) is 0 Å². The first kappa shape index (κ1) is 68.2. The first-order chi connectivity index (χ1) is 58.4. The van der Waals surface area contributed by atoms with Gasteiger partial charge in [-0.2, -0.15) is 0 Å². The third kappa shape index (κ3) is 10.6. The van der Waals surface area contributed by atoms with Crippen molar-refractivity contribution in [3.8, 4) is 99.0 Å². The van der Waals surface area contributed by atoms with E-state index in [0.717, 1.165) is 50.3 Å². The second kappa shape index (κ2) is 27.2. The molecule has 0 radical (unpaired) electrons. The number of fused-ring (bicyclic) bond motifs is 22. The minimum Gasteiger partial charge on any atom is -0.310 e. The highest BCUT2D eigenvalue weighted by atomic mass is 32.1. The number of rotatable bonds is 9. The van der Waals surface area contributed by atoms with Crippen molar-refractivity contribution in [3.05, 3.63) is 430 Å². The van der Waals surface area contributed by atoms with Crippen molar-refractivity contribution in [2.45, 2.75) is 10.8 Å². The van der Waals surface area contributed by atoms with Gasteiger partial charge >= 0.3 is 0 Å². The summed E-state index contributed by atoms with van der Waals surface area (Å²) in [5.74, 6) is 3.83. The lowest BCUT2D eigenvalue weighted by atomic mass is 9.64. The highest BCUT2D eigenvalue weighted by molar-refractivity contribution is 7.21. The second-order valence-corrected chi connectivity index (χ2v) is 34.1. The molecule has 21 aromatic rings. The summed E-state index contributed by atoms with van der Waals surface area (Å²) < 4.78 is 0. The summed E-state index contributed by atoms with van der Waals surface area (Å²) in [6.07, 6.45) is 0. The molecule has 0 unspecified atom stereocenters. The maximum absolute atomic E-state index is 5.13. The quantitative estimate of drug-likeness (QED) is 0.141. The molecule has 0 saturated heterocycles. The van der Waals surface area contributed by atoms with Crippen molar-refractivity contribution in [1.82, 2.24) is 29.9 Å². The van der Waals surface area contributed by atoms with Crippen LogP contribution in [0.1, 0.15) is 44.5 Å². The summed E-state index contributed by atoms with van der Waals surface area (Å²) in [7, 11) is 0. The largest absolute Gasteiger partial charge is 0.310 e. The molecule has 2 spiro atoms. The predicted octanol–water partition coefficient (Wildman–Crippen LogP) is 28.6. The fraction of sp³-hybridized carbons (Fsp3) is 0.0189. The van der Waals surface area contributed by atoms with E-state index in [1.165, 1.54) is 135 Å². The number of aromatic nitrogens is 6. The normalized spacial score (nSPS) is 13.4. The van der Waals surface area contributed by atoms with Gasteiger partial charge in [0.2, 0.25) is 0 Å². The molecule has 0 amide bonds. The number of benzene rings is 15. The van der Waals surface area contributed by atoms with Crippen LogP contribution in [0.15, 0.2) is 386 Å². The summed E-state index contributed by atoms with van der Waals surface area (Å²) in [6, 6.07) is 131. The third-order valence-electron chi connectivity index (χ3n) is 24.1. The number of nitrogens with zero attached hydrogens (tertiary/aromatic N) is 8. The van der Waals surface area contributed by atoms with Crippen LogP contribution in [-0.2, 0) is 10.8 Å². The fourth-order valence-electron chi connectivity index (χ4n) is 18.8. The van der Waals surface area contributed by atoms with E-state index in [0.29, 0.717) is 34.9 Å². The molecular formula is C106H64N8S4. The molecule has 2 aliphatic carbocycles. The topological polar surface area (TPSA) is 83.8 Å². The molecule has 0 N–H and O–H groups in total. The highest BCUT2D eigenvalue weighted by Crippen LogP contribution is 2.69. The molecule has 0 saturated carbocycles. The Kier molecular flexibility index (Phi) is 15.7. The minimum atomic E-state index is -0.471. The third-order valence-corrected chi connectivity index (χ3v) is 28.1. The van der Waals surface area contributed by atoms with E-state index in [2.05, 4.69) is 335 Å². The van der Waals surface area contributed by atoms with Gasteiger partial charge in [0.05, 0.1) is 33.6 Å². The first-order valence-electron chi connectivity index (χ1n) is 39.6. The molecule has 6 aromatic heterocycles. The van der Waals surface area contributed by atoms with E-state index >= 15 is 0 Å². The van der Waals surface area contributed by atoms with Crippen LogP contribution in [0.3, 0.4) is 0 Å². The highest BCUT2D eigenvalue weighted by Gasteiger charge is 2.55. The van der Waals surface area contributed by atoms with Gasteiger partial charge in [0.15, 0.2) is 34.9 Å². The Balaban J connectivity index is 0.000000135. The summed E-state index contributed by atoms with van der Waals surface area (Å²) in [4.78, 5) is 40.9. The van der Waals surface area contributed by atoms with E-state index in [9.17, 15) is 0 Å². The molecule has 12 heteroatoms. The van der Waals surface area contributed by atoms with Gasteiger partial charge in [-0.05, 0) is 229 Å². The number of thiophene rings is 4. The van der Waals surface area contributed by atoms with Crippen LogP contribution in [0.5, 0.6) is 0 Å². The summed E-state index contributed by atoms with van der Waals surface area (Å²) >= 11 is 7.43. The molecule has 552 valence electrons. The van der Waals surface area contributed by atoms with E-state index in [4.69, 9.17) is 29.9 Å². The zero-order valence-corrected chi connectivity index (χ0v) is 66.4. The fourth-order valence-corrected chi connectivity index (χ4v) is 23.0. The van der Waals surface area contributed by atoms with Gasteiger partial charge in [0.1, 0.15) is 0 Å². The van der Waals surface area contributed by atoms with Gasteiger partial charge < -0.3 is 9.80 Å². The van der Waals surface area contributed by atoms with Crippen molar-refractivity contribution in [1.29, 1.82) is 0 Å². The van der Waals surface area contributed by atoms with Crippen LogP contribution < -0.4 is 9.80 Å². The zero-order valence-electron chi connectivity index (χ0n) is 63.2. The van der Waals surface area contributed by atoms with Gasteiger partial charge in [-0.3, -0.25) is 0 Å². The lowest BCUT2D eigenvalue weighted by Gasteiger charge is -2.45. The molecule has 0 atom stereocenters. The van der Waals surface area contributed by atoms with Crippen LogP contribution in [0, 0.1) is 0 Å². The minimum absolute atomic E-state index is 0.464. The van der Waals surface area contributed by atoms with Crippen molar-refractivity contribution in [3.63, 3.8) is 0 Å². The van der Waals surface area contributed by atoms with Crippen molar-refractivity contribution in [2.75, 3.05) is 9.80 Å². The van der Waals surface area contributed by atoms with Crippen LogP contribution in [0.25, 0.3) is 142 Å². The lowest BCUT2D eigenvalue weighted by Crippen LogP contribution is -2.36. The molecule has 8 heterocycles.